The number of aromatic hydroxyl groups is 1. The lowest BCUT2D eigenvalue weighted by molar-refractivity contribution is 0.356. The molecule has 0 spiro atoms. The highest BCUT2D eigenvalue weighted by Crippen LogP contribution is 2.40. The molecule has 0 atom stereocenters. The van der Waals surface area contributed by atoms with Crippen LogP contribution in [0.4, 0.5) is 0 Å². The predicted octanol–water partition coefficient (Wildman–Crippen LogP) is 5.10. The van der Waals surface area contributed by atoms with Crippen molar-refractivity contribution < 1.29 is 19.3 Å². The Hall–Kier alpha value is -4.26. The number of phenols is 1. The summed E-state index contributed by atoms with van der Waals surface area (Å²) in [6.45, 7) is 0. The second-order valence-corrected chi connectivity index (χ2v) is 7.69. The summed E-state index contributed by atoms with van der Waals surface area (Å²) in [5, 5.41) is 20.2. The Bertz CT molecular complexity index is 1460. The lowest BCUT2D eigenvalue weighted by atomic mass is 9.98. The van der Waals surface area contributed by atoms with Crippen LogP contribution >= 0.6 is 0 Å². The van der Waals surface area contributed by atoms with Gasteiger partial charge in [0, 0.05) is 28.5 Å². The molecule has 5 aromatic rings. The van der Waals surface area contributed by atoms with Crippen LogP contribution in [0.25, 0.3) is 33.1 Å². The molecule has 5 rings (SSSR count). The van der Waals surface area contributed by atoms with Crippen LogP contribution < -0.4 is 14.2 Å². The van der Waals surface area contributed by atoms with Crippen molar-refractivity contribution in [2.75, 3.05) is 21.3 Å². The first kappa shape index (κ1) is 20.6. The van der Waals surface area contributed by atoms with E-state index in [1.54, 1.807) is 33.5 Å². The summed E-state index contributed by atoms with van der Waals surface area (Å²) in [5.41, 5.74) is 4.26. The van der Waals surface area contributed by atoms with E-state index in [1.807, 2.05) is 42.5 Å². The van der Waals surface area contributed by atoms with Crippen molar-refractivity contribution in [3.05, 3.63) is 71.9 Å². The van der Waals surface area contributed by atoms with Crippen LogP contribution in [0.5, 0.6) is 23.0 Å². The lowest BCUT2D eigenvalue weighted by Crippen LogP contribution is -1.95. The van der Waals surface area contributed by atoms with E-state index in [0.717, 1.165) is 44.4 Å². The fraction of sp³-hybridized carbons (Fsp3) is 0.154. The van der Waals surface area contributed by atoms with E-state index in [1.165, 1.54) is 0 Å². The summed E-state index contributed by atoms with van der Waals surface area (Å²) in [6.07, 6.45) is 0.636. The van der Waals surface area contributed by atoms with Gasteiger partial charge in [0.05, 0.1) is 32.4 Å². The molecule has 2 N–H and O–H groups in total. The molecule has 7 nitrogen and oxygen atoms in total. The van der Waals surface area contributed by atoms with E-state index < -0.39 is 0 Å². The van der Waals surface area contributed by atoms with Crippen molar-refractivity contribution in [1.82, 2.24) is 15.2 Å². The Morgan fingerprint density at radius 1 is 0.848 bits per heavy atom. The number of pyridine rings is 1. The summed E-state index contributed by atoms with van der Waals surface area (Å²) in [6, 6.07) is 18.8. The number of aromatic nitrogens is 3. The zero-order valence-electron chi connectivity index (χ0n) is 18.5. The van der Waals surface area contributed by atoms with E-state index in [2.05, 4.69) is 16.3 Å². The monoisotopic (exact) mass is 441 g/mol. The van der Waals surface area contributed by atoms with Crippen LogP contribution in [-0.4, -0.2) is 41.6 Å². The summed E-state index contributed by atoms with van der Waals surface area (Å²) in [5.74, 6) is 2.25. The van der Waals surface area contributed by atoms with Crippen molar-refractivity contribution in [2.45, 2.75) is 6.42 Å². The number of benzene rings is 3. The minimum absolute atomic E-state index is 0.198. The van der Waals surface area contributed by atoms with E-state index in [9.17, 15) is 5.11 Å². The average Bonchev–Trinajstić information content (AvgIpc) is 3.25. The van der Waals surface area contributed by atoms with Gasteiger partial charge in [-0.25, -0.2) is 4.98 Å². The summed E-state index contributed by atoms with van der Waals surface area (Å²) in [7, 11) is 4.89. The third kappa shape index (κ3) is 3.67. The van der Waals surface area contributed by atoms with E-state index in [4.69, 9.17) is 19.2 Å². The summed E-state index contributed by atoms with van der Waals surface area (Å²) < 4.78 is 16.5. The molecule has 0 aliphatic heterocycles. The SMILES string of the molecule is COc1cccc(Cc2[nH]nc3nc(-c4ccc(O)cc4)c4cc(OC)c(OC)cc4c23)c1. The van der Waals surface area contributed by atoms with Gasteiger partial charge in [-0.2, -0.15) is 5.10 Å². The number of hydrogen-bond donors (Lipinski definition) is 2. The Labute approximate surface area is 190 Å². The number of phenolic OH excluding ortho intramolecular Hbond substituents is 1. The molecule has 0 radical (unpaired) electrons. The Kier molecular flexibility index (Phi) is 5.22. The highest BCUT2D eigenvalue weighted by Gasteiger charge is 2.19. The molecule has 166 valence electrons. The van der Waals surface area contributed by atoms with Crippen molar-refractivity contribution in [2.24, 2.45) is 0 Å². The van der Waals surface area contributed by atoms with Crippen LogP contribution in [0.3, 0.4) is 0 Å². The quantitative estimate of drug-likeness (QED) is 0.381. The molecule has 0 saturated heterocycles. The van der Waals surface area contributed by atoms with Crippen molar-refractivity contribution in [3.63, 3.8) is 0 Å². The molecule has 0 fully saturated rings. The van der Waals surface area contributed by atoms with E-state index in [-0.39, 0.29) is 5.75 Å². The molecule has 33 heavy (non-hydrogen) atoms. The average molecular weight is 441 g/mol. The molecule has 0 bridgehead atoms. The molecule has 0 unspecified atom stereocenters. The molecule has 0 aliphatic rings. The normalized spacial score (nSPS) is 11.1. The highest BCUT2D eigenvalue weighted by atomic mass is 16.5. The van der Waals surface area contributed by atoms with Gasteiger partial charge in [-0.1, -0.05) is 12.1 Å². The highest BCUT2D eigenvalue weighted by molar-refractivity contribution is 6.12. The van der Waals surface area contributed by atoms with Gasteiger partial charge in [-0.05, 0) is 54.1 Å². The second-order valence-electron chi connectivity index (χ2n) is 7.69. The molecule has 0 saturated carbocycles. The number of hydrogen-bond acceptors (Lipinski definition) is 6. The van der Waals surface area contributed by atoms with Crippen LogP contribution in [-0.2, 0) is 6.42 Å². The first-order chi connectivity index (χ1) is 16.1. The number of rotatable bonds is 6. The van der Waals surface area contributed by atoms with Gasteiger partial charge < -0.3 is 19.3 Å². The maximum absolute atomic E-state index is 9.74. The third-order valence-electron chi connectivity index (χ3n) is 5.74. The minimum Gasteiger partial charge on any atom is -0.508 e. The van der Waals surface area contributed by atoms with Crippen LogP contribution in [0.2, 0.25) is 0 Å². The number of fused-ring (bicyclic) bond motifs is 3. The Balaban J connectivity index is 1.77. The molecule has 0 amide bonds. The number of H-pyrrole nitrogens is 1. The molecule has 3 aromatic carbocycles. The van der Waals surface area contributed by atoms with E-state index in [0.29, 0.717) is 23.6 Å². The zero-order chi connectivity index (χ0) is 22.9. The minimum atomic E-state index is 0.198. The van der Waals surface area contributed by atoms with Gasteiger partial charge in [-0.15, -0.1) is 0 Å². The van der Waals surface area contributed by atoms with Gasteiger partial charge in [-0.3, -0.25) is 5.10 Å². The van der Waals surface area contributed by atoms with Crippen molar-refractivity contribution >= 4 is 21.8 Å². The van der Waals surface area contributed by atoms with Crippen molar-refractivity contribution in [3.8, 4) is 34.3 Å². The standard InChI is InChI=1S/C26H23N3O4/c1-31-18-6-4-5-15(11-18)12-21-24-19-13-22(32-2)23(33-3)14-20(19)25(27-26(24)29-28-21)16-7-9-17(30)10-8-16/h4-11,13-14,30H,12H2,1-3H3,(H,27,28,29). The largest absolute Gasteiger partial charge is 0.508 e. The maximum Gasteiger partial charge on any atom is 0.182 e. The first-order valence-electron chi connectivity index (χ1n) is 10.5. The van der Waals surface area contributed by atoms with E-state index >= 15 is 0 Å². The lowest BCUT2D eigenvalue weighted by Gasteiger charge is -2.13. The second kappa shape index (κ2) is 8.35. The van der Waals surface area contributed by atoms with Gasteiger partial charge in [0.1, 0.15) is 11.5 Å². The van der Waals surface area contributed by atoms with Gasteiger partial charge in [0.15, 0.2) is 17.1 Å². The van der Waals surface area contributed by atoms with Gasteiger partial charge in [0.25, 0.3) is 0 Å². The van der Waals surface area contributed by atoms with Crippen LogP contribution in [0.1, 0.15) is 11.3 Å². The molecule has 0 aliphatic carbocycles. The maximum atomic E-state index is 9.74. The van der Waals surface area contributed by atoms with Crippen LogP contribution in [0.15, 0.2) is 60.7 Å². The fourth-order valence-corrected chi connectivity index (χ4v) is 4.13. The number of methoxy groups -OCH3 is 3. The summed E-state index contributed by atoms with van der Waals surface area (Å²) in [4.78, 5) is 4.89. The zero-order valence-corrected chi connectivity index (χ0v) is 18.5. The topological polar surface area (TPSA) is 89.5 Å². The molecular weight excluding hydrogens is 418 g/mol. The number of ether oxygens (including phenoxy) is 3. The smallest absolute Gasteiger partial charge is 0.182 e. The molecule has 7 heteroatoms. The molecule has 2 heterocycles. The van der Waals surface area contributed by atoms with Crippen molar-refractivity contribution in [1.29, 1.82) is 0 Å². The summed E-state index contributed by atoms with van der Waals surface area (Å²) >= 11 is 0. The molecular formula is C26H23N3O4. The third-order valence-corrected chi connectivity index (χ3v) is 5.74. The molecule has 2 aromatic heterocycles. The van der Waals surface area contributed by atoms with Crippen LogP contribution in [0, 0.1) is 0 Å². The fourth-order valence-electron chi connectivity index (χ4n) is 4.13. The number of nitrogens with zero attached hydrogens (tertiary/aromatic N) is 2. The van der Waals surface area contributed by atoms with Gasteiger partial charge in [0.2, 0.25) is 0 Å². The Morgan fingerprint density at radius 3 is 2.27 bits per heavy atom. The Morgan fingerprint density at radius 2 is 1.58 bits per heavy atom. The number of nitrogens with one attached hydrogen (secondary N) is 1. The number of aromatic amines is 1. The first-order valence-corrected chi connectivity index (χ1v) is 10.5. The van der Waals surface area contributed by atoms with Gasteiger partial charge >= 0.3 is 0 Å². The predicted molar refractivity (Wildman–Crippen MR) is 127 cm³/mol.